The minimum absolute atomic E-state index is 0.873. The van der Waals surface area contributed by atoms with E-state index >= 15 is 0 Å². The lowest BCUT2D eigenvalue weighted by atomic mass is 10.3. The van der Waals surface area contributed by atoms with Gasteiger partial charge in [0.1, 0.15) is 0 Å². The van der Waals surface area contributed by atoms with Crippen LogP contribution in [0.2, 0.25) is 0 Å². The number of hydrogen-bond acceptors (Lipinski definition) is 4. The molecule has 0 atom stereocenters. The van der Waals surface area contributed by atoms with Crippen LogP contribution in [0.4, 0.5) is 0 Å². The number of aryl methyl sites for hydroxylation is 3. The molecule has 4 nitrogen and oxygen atoms in total. The number of nitrogens with zero attached hydrogens (tertiary/aromatic N) is 3. The summed E-state index contributed by atoms with van der Waals surface area (Å²) in [5, 5.41) is 11.2. The highest BCUT2D eigenvalue weighted by atomic mass is 32.1. The Morgan fingerprint density at radius 1 is 1.39 bits per heavy atom. The summed E-state index contributed by atoms with van der Waals surface area (Å²) in [6, 6.07) is 2.14. The smallest absolute Gasteiger partial charge is 0.0897 e. The first-order valence-electron chi connectivity index (χ1n) is 6.34. The molecule has 98 valence electrons. The van der Waals surface area contributed by atoms with Crippen LogP contribution in [0.15, 0.2) is 11.4 Å². The second-order valence-corrected chi connectivity index (χ2v) is 5.44. The Morgan fingerprint density at radius 2 is 2.22 bits per heavy atom. The van der Waals surface area contributed by atoms with Gasteiger partial charge in [0.05, 0.1) is 22.1 Å². The summed E-state index contributed by atoms with van der Waals surface area (Å²) in [5.41, 5.74) is 3.53. The maximum atomic E-state index is 4.45. The van der Waals surface area contributed by atoms with Gasteiger partial charge in [0.2, 0.25) is 0 Å². The number of nitrogens with one attached hydrogen (secondary N) is 1. The van der Waals surface area contributed by atoms with Crippen LogP contribution in [0.1, 0.15) is 29.0 Å². The predicted octanol–water partition coefficient (Wildman–Crippen LogP) is 2.31. The first-order chi connectivity index (χ1) is 8.69. The van der Waals surface area contributed by atoms with Crippen molar-refractivity contribution in [3.05, 3.63) is 33.5 Å². The van der Waals surface area contributed by atoms with E-state index in [1.165, 1.54) is 11.4 Å². The Labute approximate surface area is 112 Å². The van der Waals surface area contributed by atoms with Gasteiger partial charge in [-0.25, -0.2) is 4.98 Å². The molecule has 0 aromatic carbocycles. The molecule has 2 aromatic heterocycles. The molecule has 0 aliphatic rings. The van der Waals surface area contributed by atoms with Crippen molar-refractivity contribution in [1.29, 1.82) is 0 Å². The first-order valence-corrected chi connectivity index (χ1v) is 7.22. The zero-order valence-electron chi connectivity index (χ0n) is 11.2. The minimum atomic E-state index is 0.873. The number of aromatic nitrogens is 3. The third-order valence-corrected chi connectivity index (χ3v) is 3.64. The summed E-state index contributed by atoms with van der Waals surface area (Å²) < 4.78 is 2.05. The Morgan fingerprint density at radius 3 is 2.89 bits per heavy atom. The normalized spacial score (nSPS) is 11.1. The SMILES string of the molecule is CCn1nc(C)cc1CNCCc1csc(C)n1. The van der Waals surface area contributed by atoms with Crippen molar-refractivity contribution in [2.75, 3.05) is 6.54 Å². The summed E-state index contributed by atoms with van der Waals surface area (Å²) >= 11 is 1.72. The Kier molecular flexibility index (Phi) is 4.49. The molecule has 0 fully saturated rings. The summed E-state index contributed by atoms with van der Waals surface area (Å²) in [6.07, 6.45) is 0.990. The van der Waals surface area contributed by atoms with Crippen molar-refractivity contribution < 1.29 is 0 Å². The lowest BCUT2D eigenvalue weighted by Gasteiger charge is -2.05. The van der Waals surface area contributed by atoms with E-state index in [0.717, 1.165) is 36.8 Å². The summed E-state index contributed by atoms with van der Waals surface area (Å²) in [6.45, 7) is 8.96. The van der Waals surface area contributed by atoms with E-state index in [2.05, 4.69) is 38.5 Å². The molecular weight excluding hydrogens is 244 g/mol. The highest BCUT2D eigenvalue weighted by molar-refractivity contribution is 7.09. The van der Waals surface area contributed by atoms with Crippen LogP contribution in [0.5, 0.6) is 0 Å². The Hall–Kier alpha value is -1.20. The van der Waals surface area contributed by atoms with Gasteiger partial charge in [0, 0.05) is 31.4 Å². The maximum Gasteiger partial charge on any atom is 0.0897 e. The average Bonchev–Trinajstić information content (AvgIpc) is 2.91. The molecule has 0 bridgehead atoms. The highest BCUT2D eigenvalue weighted by Crippen LogP contribution is 2.08. The van der Waals surface area contributed by atoms with Gasteiger partial charge in [0.25, 0.3) is 0 Å². The van der Waals surface area contributed by atoms with Gasteiger partial charge in [-0.05, 0) is 26.8 Å². The predicted molar refractivity (Wildman–Crippen MR) is 74.9 cm³/mol. The van der Waals surface area contributed by atoms with E-state index in [1.54, 1.807) is 11.3 Å². The topological polar surface area (TPSA) is 42.7 Å². The van der Waals surface area contributed by atoms with Crippen LogP contribution < -0.4 is 5.32 Å². The third-order valence-electron chi connectivity index (χ3n) is 2.82. The lowest BCUT2D eigenvalue weighted by molar-refractivity contribution is 0.579. The first kappa shape index (κ1) is 13.2. The van der Waals surface area contributed by atoms with Gasteiger partial charge in [-0.15, -0.1) is 11.3 Å². The molecule has 2 heterocycles. The standard InChI is InChI=1S/C13H20N4S/c1-4-17-13(7-10(2)16-17)8-14-6-5-12-9-18-11(3)15-12/h7,9,14H,4-6,8H2,1-3H3. The van der Waals surface area contributed by atoms with Crippen molar-refractivity contribution >= 4 is 11.3 Å². The van der Waals surface area contributed by atoms with Crippen molar-refractivity contribution in [2.45, 2.75) is 40.3 Å². The molecule has 0 spiro atoms. The zero-order valence-corrected chi connectivity index (χ0v) is 12.0. The van der Waals surface area contributed by atoms with Crippen LogP contribution in [0.25, 0.3) is 0 Å². The van der Waals surface area contributed by atoms with Gasteiger partial charge < -0.3 is 5.32 Å². The molecule has 0 saturated carbocycles. The van der Waals surface area contributed by atoms with Crippen molar-refractivity contribution in [2.24, 2.45) is 0 Å². The average molecular weight is 264 g/mol. The molecule has 0 radical (unpaired) electrons. The molecule has 0 amide bonds. The molecule has 2 aromatic rings. The van der Waals surface area contributed by atoms with Crippen LogP contribution in [0, 0.1) is 13.8 Å². The van der Waals surface area contributed by atoms with Crippen LogP contribution in [-0.2, 0) is 19.5 Å². The molecular formula is C13H20N4S. The van der Waals surface area contributed by atoms with Gasteiger partial charge in [-0.3, -0.25) is 4.68 Å². The number of hydrogen-bond donors (Lipinski definition) is 1. The molecule has 0 aliphatic heterocycles. The fraction of sp³-hybridized carbons (Fsp3) is 0.538. The fourth-order valence-corrected chi connectivity index (χ4v) is 2.62. The molecule has 5 heteroatoms. The summed E-state index contributed by atoms with van der Waals surface area (Å²) in [4.78, 5) is 4.45. The summed E-state index contributed by atoms with van der Waals surface area (Å²) in [5.74, 6) is 0. The van der Waals surface area contributed by atoms with E-state index in [4.69, 9.17) is 0 Å². The zero-order chi connectivity index (χ0) is 13.0. The van der Waals surface area contributed by atoms with E-state index in [0.29, 0.717) is 0 Å². The molecule has 2 rings (SSSR count). The van der Waals surface area contributed by atoms with Gasteiger partial charge in [-0.1, -0.05) is 0 Å². The van der Waals surface area contributed by atoms with Crippen LogP contribution in [-0.4, -0.2) is 21.3 Å². The lowest BCUT2D eigenvalue weighted by Crippen LogP contribution is -2.19. The Balaban J connectivity index is 1.78. The number of rotatable bonds is 6. The summed E-state index contributed by atoms with van der Waals surface area (Å²) in [7, 11) is 0. The van der Waals surface area contributed by atoms with Gasteiger partial charge in [-0.2, -0.15) is 5.10 Å². The van der Waals surface area contributed by atoms with Crippen LogP contribution in [0.3, 0.4) is 0 Å². The molecule has 18 heavy (non-hydrogen) atoms. The largest absolute Gasteiger partial charge is 0.311 e. The van der Waals surface area contributed by atoms with E-state index < -0.39 is 0 Å². The Bertz CT molecular complexity index is 501. The second-order valence-electron chi connectivity index (χ2n) is 4.38. The van der Waals surface area contributed by atoms with Crippen molar-refractivity contribution in [1.82, 2.24) is 20.1 Å². The van der Waals surface area contributed by atoms with E-state index in [9.17, 15) is 0 Å². The monoisotopic (exact) mass is 264 g/mol. The molecule has 0 unspecified atom stereocenters. The van der Waals surface area contributed by atoms with E-state index in [1.807, 2.05) is 13.8 Å². The van der Waals surface area contributed by atoms with E-state index in [-0.39, 0.29) is 0 Å². The maximum absolute atomic E-state index is 4.45. The minimum Gasteiger partial charge on any atom is -0.311 e. The second kappa shape index (κ2) is 6.11. The van der Waals surface area contributed by atoms with Gasteiger partial charge >= 0.3 is 0 Å². The third kappa shape index (κ3) is 3.40. The molecule has 1 N–H and O–H groups in total. The molecule has 0 aliphatic carbocycles. The number of thiazole rings is 1. The highest BCUT2D eigenvalue weighted by Gasteiger charge is 2.03. The van der Waals surface area contributed by atoms with Crippen molar-refractivity contribution in [3.8, 4) is 0 Å². The van der Waals surface area contributed by atoms with Gasteiger partial charge in [0.15, 0.2) is 0 Å². The van der Waals surface area contributed by atoms with Crippen LogP contribution >= 0.6 is 11.3 Å². The fourth-order valence-electron chi connectivity index (χ4n) is 1.97. The molecule has 0 saturated heterocycles. The quantitative estimate of drug-likeness (QED) is 0.814. The van der Waals surface area contributed by atoms with Crippen molar-refractivity contribution in [3.63, 3.8) is 0 Å².